The van der Waals surface area contributed by atoms with Gasteiger partial charge in [0.2, 0.25) is 5.69 Å². The first-order valence-electron chi connectivity index (χ1n) is 9.75. The Morgan fingerprint density at radius 3 is 2.55 bits per heavy atom. The van der Waals surface area contributed by atoms with Gasteiger partial charge in [-0.15, -0.1) is 0 Å². The lowest BCUT2D eigenvalue weighted by Crippen LogP contribution is -2.46. The summed E-state index contributed by atoms with van der Waals surface area (Å²) < 4.78 is 15.6. The average Bonchev–Trinajstić information content (AvgIpc) is 2.71. The van der Waals surface area contributed by atoms with Crippen LogP contribution in [-0.2, 0) is 6.54 Å². The van der Waals surface area contributed by atoms with Gasteiger partial charge in [0, 0.05) is 13.1 Å². The lowest BCUT2D eigenvalue weighted by atomic mass is 10.1. The molecule has 3 rings (SSSR count). The molecule has 0 aliphatic heterocycles. The fraction of sp³-hybridized carbons (Fsp3) is 0.273. The normalized spacial score (nSPS) is 11.0. The summed E-state index contributed by atoms with van der Waals surface area (Å²) >= 11 is 0. The molecule has 0 fully saturated rings. The van der Waals surface area contributed by atoms with E-state index in [1.807, 2.05) is 44.1 Å². The van der Waals surface area contributed by atoms with E-state index in [4.69, 9.17) is 0 Å². The number of nitrogens with one attached hydrogen (secondary N) is 1. The molecule has 0 radical (unpaired) electrons. The van der Waals surface area contributed by atoms with Crippen LogP contribution in [0.15, 0.2) is 58.1 Å². The Balaban J connectivity index is 2.12. The second-order valence-electron chi connectivity index (χ2n) is 7.46. The quantitative estimate of drug-likeness (QED) is 0.614. The smallest absolute Gasteiger partial charge is 0.349 e. The molecule has 0 atom stereocenters. The fourth-order valence-corrected chi connectivity index (χ4v) is 3.04. The van der Waals surface area contributed by atoms with Gasteiger partial charge in [-0.05, 0) is 44.8 Å². The molecule has 9 heteroatoms. The topological polar surface area (TPSA) is 89.2 Å². The van der Waals surface area contributed by atoms with Gasteiger partial charge >= 0.3 is 5.69 Å². The minimum absolute atomic E-state index is 0.0465. The second-order valence-corrected chi connectivity index (χ2v) is 7.46. The van der Waals surface area contributed by atoms with Crippen LogP contribution in [0.25, 0.3) is 5.69 Å². The van der Waals surface area contributed by atoms with E-state index >= 15 is 0 Å². The molecule has 0 spiro atoms. The third kappa shape index (κ3) is 5.32. The van der Waals surface area contributed by atoms with Crippen LogP contribution in [0, 0.1) is 12.7 Å². The highest BCUT2D eigenvalue weighted by atomic mass is 19.1. The maximum absolute atomic E-state index is 13.8. The fourth-order valence-electron chi connectivity index (χ4n) is 3.04. The molecule has 0 aliphatic rings. The Hall–Kier alpha value is -3.59. The molecule has 1 aromatic heterocycles. The molecule has 1 heterocycles. The first kappa shape index (κ1) is 22.1. The van der Waals surface area contributed by atoms with Gasteiger partial charge in [0.25, 0.3) is 11.5 Å². The number of hydrogen-bond acceptors (Lipinski definition) is 5. The molecule has 1 N–H and O–H groups in total. The van der Waals surface area contributed by atoms with Crippen LogP contribution in [0.2, 0.25) is 0 Å². The molecule has 2 aromatic carbocycles. The summed E-state index contributed by atoms with van der Waals surface area (Å²) in [7, 11) is 3.70. The monoisotopic (exact) mass is 425 g/mol. The molecule has 0 saturated carbocycles. The number of likely N-dealkylation sites (N-methyl/N-ethyl adjacent to an activating group) is 1. The number of aromatic nitrogens is 3. The van der Waals surface area contributed by atoms with Crippen molar-refractivity contribution in [3.63, 3.8) is 0 Å². The van der Waals surface area contributed by atoms with E-state index in [2.05, 4.69) is 10.4 Å². The summed E-state index contributed by atoms with van der Waals surface area (Å²) in [6.45, 7) is 2.71. The molecule has 31 heavy (non-hydrogen) atoms. The number of carbonyl (C=O) groups is 1. The predicted octanol–water partition coefficient (Wildman–Crippen LogP) is 1.18. The summed E-state index contributed by atoms with van der Waals surface area (Å²) in [6.07, 6.45) is 0. The third-order valence-electron chi connectivity index (χ3n) is 4.60. The van der Waals surface area contributed by atoms with E-state index in [9.17, 15) is 18.8 Å². The van der Waals surface area contributed by atoms with Crippen molar-refractivity contribution in [2.45, 2.75) is 13.5 Å². The summed E-state index contributed by atoms with van der Waals surface area (Å²) in [5, 5.41) is 6.61. The van der Waals surface area contributed by atoms with Gasteiger partial charge in [0.1, 0.15) is 5.82 Å². The zero-order valence-electron chi connectivity index (χ0n) is 17.6. The van der Waals surface area contributed by atoms with Gasteiger partial charge < -0.3 is 10.2 Å². The van der Waals surface area contributed by atoms with E-state index < -0.39 is 28.7 Å². The van der Waals surface area contributed by atoms with Crippen molar-refractivity contribution in [2.24, 2.45) is 0 Å². The highest BCUT2D eigenvalue weighted by molar-refractivity contribution is 5.91. The van der Waals surface area contributed by atoms with Crippen LogP contribution in [0.5, 0.6) is 0 Å². The van der Waals surface area contributed by atoms with Crippen molar-refractivity contribution in [1.82, 2.24) is 24.6 Å². The van der Waals surface area contributed by atoms with Crippen LogP contribution < -0.4 is 16.6 Å². The summed E-state index contributed by atoms with van der Waals surface area (Å²) in [4.78, 5) is 40.6. The van der Waals surface area contributed by atoms with Crippen LogP contribution in [0.3, 0.4) is 0 Å². The minimum Gasteiger partial charge on any atom is -0.349 e. The number of hydrogen-bond donors (Lipinski definition) is 1. The van der Waals surface area contributed by atoms with Crippen LogP contribution in [0.4, 0.5) is 4.39 Å². The van der Waals surface area contributed by atoms with Gasteiger partial charge in [0.05, 0.1) is 12.2 Å². The Kier molecular flexibility index (Phi) is 6.76. The number of carbonyl (C=O) groups excluding carboxylic acids is 1. The minimum atomic E-state index is -0.804. The molecule has 0 aliphatic carbocycles. The average molecular weight is 425 g/mol. The molecule has 8 nitrogen and oxygen atoms in total. The van der Waals surface area contributed by atoms with Gasteiger partial charge in [-0.2, -0.15) is 9.78 Å². The maximum atomic E-state index is 13.8. The van der Waals surface area contributed by atoms with Crippen LogP contribution in [0.1, 0.15) is 21.6 Å². The number of amides is 1. The molecule has 0 saturated heterocycles. The van der Waals surface area contributed by atoms with Crippen molar-refractivity contribution < 1.29 is 9.18 Å². The van der Waals surface area contributed by atoms with Crippen molar-refractivity contribution in [1.29, 1.82) is 0 Å². The first-order valence-corrected chi connectivity index (χ1v) is 9.75. The molecular formula is C22H24FN5O3. The van der Waals surface area contributed by atoms with Crippen molar-refractivity contribution in [3.8, 4) is 5.69 Å². The first-order chi connectivity index (χ1) is 14.8. The van der Waals surface area contributed by atoms with Gasteiger partial charge in [0.15, 0.2) is 0 Å². The number of benzene rings is 2. The third-order valence-corrected chi connectivity index (χ3v) is 4.60. The molecular weight excluding hydrogens is 401 g/mol. The molecule has 0 unspecified atom stereocenters. The van der Waals surface area contributed by atoms with E-state index in [0.29, 0.717) is 13.1 Å². The number of nitrogens with zero attached hydrogens (tertiary/aromatic N) is 4. The predicted molar refractivity (Wildman–Crippen MR) is 115 cm³/mol. The number of rotatable bonds is 7. The van der Waals surface area contributed by atoms with E-state index in [1.54, 1.807) is 6.07 Å². The van der Waals surface area contributed by atoms with Gasteiger partial charge in [-0.25, -0.2) is 9.18 Å². The van der Waals surface area contributed by atoms with Crippen molar-refractivity contribution in [2.75, 3.05) is 27.2 Å². The molecule has 162 valence electrons. The highest BCUT2D eigenvalue weighted by Gasteiger charge is 2.20. The molecule has 3 aromatic rings. The SMILES string of the molecule is Cc1cccc(Cn2c(=O)c(C(=O)NCCN(C)C)nn(-c3cccc(F)c3)c2=O)c1. The lowest BCUT2D eigenvalue weighted by Gasteiger charge is -2.13. The zero-order valence-corrected chi connectivity index (χ0v) is 17.6. The summed E-state index contributed by atoms with van der Waals surface area (Å²) in [5.74, 6) is -1.27. The molecule has 1 amide bonds. The van der Waals surface area contributed by atoms with E-state index in [0.717, 1.165) is 26.4 Å². The molecule has 0 bridgehead atoms. The Bertz CT molecular complexity index is 1220. The zero-order chi connectivity index (χ0) is 22.5. The lowest BCUT2D eigenvalue weighted by molar-refractivity contribution is 0.0941. The maximum Gasteiger partial charge on any atom is 0.352 e. The number of halogens is 1. The highest BCUT2D eigenvalue weighted by Crippen LogP contribution is 2.07. The summed E-state index contributed by atoms with van der Waals surface area (Å²) in [6, 6.07) is 12.6. The van der Waals surface area contributed by atoms with E-state index in [1.165, 1.54) is 18.2 Å². The van der Waals surface area contributed by atoms with Crippen LogP contribution in [-0.4, -0.2) is 52.3 Å². The largest absolute Gasteiger partial charge is 0.352 e. The Labute approximate surface area is 178 Å². The van der Waals surface area contributed by atoms with Crippen molar-refractivity contribution in [3.05, 3.63) is 92.0 Å². The van der Waals surface area contributed by atoms with Crippen molar-refractivity contribution >= 4 is 5.91 Å². The number of aryl methyl sites for hydroxylation is 1. The summed E-state index contributed by atoms with van der Waals surface area (Å²) in [5.41, 5.74) is -0.203. The Morgan fingerprint density at radius 2 is 1.87 bits per heavy atom. The van der Waals surface area contributed by atoms with E-state index in [-0.39, 0.29) is 12.2 Å². The van der Waals surface area contributed by atoms with Crippen LogP contribution >= 0.6 is 0 Å². The second kappa shape index (κ2) is 9.48. The Morgan fingerprint density at radius 1 is 1.13 bits per heavy atom. The standard InChI is InChI=1S/C22H24FN5O3/c1-15-6-4-7-16(12-15)14-27-21(30)19(20(29)24-10-11-26(2)3)25-28(22(27)31)18-9-5-8-17(23)13-18/h4-9,12-13H,10-11,14H2,1-3H3,(H,24,29). The van der Waals surface area contributed by atoms with Gasteiger partial charge in [-0.3, -0.25) is 14.2 Å². The van der Waals surface area contributed by atoms with Gasteiger partial charge in [-0.1, -0.05) is 35.9 Å².